The van der Waals surface area contributed by atoms with Crippen LogP contribution in [-0.2, 0) is 6.54 Å². The molecule has 0 fully saturated rings. The monoisotopic (exact) mass is 497 g/mol. The summed E-state index contributed by atoms with van der Waals surface area (Å²) in [7, 11) is 0. The van der Waals surface area contributed by atoms with Crippen molar-refractivity contribution in [2.24, 2.45) is 0 Å². The van der Waals surface area contributed by atoms with E-state index in [2.05, 4.69) is 20.1 Å². The highest BCUT2D eigenvalue weighted by Gasteiger charge is 2.27. The highest BCUT2D eigenvalue weighted by molar-refractivity contribution is 6.37. The fraction of sp³-hybridized carbons (Fsp3) is 0.0870. The van der Waals surface area contributed by atoms with Crippen molar-refractivity contribution in [3.8, 4) is 11.5 Å². The molecule has 0 aliphatic heterocycles. The number of ketones is 1. The summed E-state index contributed by atoms with van der Waals surface area (Å²) >= 11 is 19.2. The van der Waals surface area contributed by atoms with E-state index in [-0.39, 0.29) is 22.4 Å². The molecule has 5 aromatic rings. The van der Waals surface area contributed by atoms with Gasteiger partial charge in [0.1, 0.15) is 10.8 Å². The van der Waals surface area contributed by atoms with E-state index >= 15 is 0 Å². The fourth-order valence-corrected chi connectivity index (χ4v) is 4.38. The topological polar surface area (TPSA) is 86.7 Å². The summed E-state index contributed by atoms with van der Waals surface area (Å²) in [5.41, 5.74) is 3.22. The summed E-state index contributed by atoms with van der Waals surface area (Å²) in [5, 5.41) is 5.82. The molecule has 33 heavy (non-hydrogen) atoms. The number of fused-ring (bicyclic) bond motifs is 1. The van der Waals surface area contributed by atoms with Crippen LogP contribution in [0, 0.1) is 6.92 Å². The van der Waals surface area contributed by atoms with Crippen molar-refractivity contribution in [3.05, 3.63) is 92.8 Å². The maximum Gasteiger partial charge on any atom is 0.299 e. The first-order valence-electron chi connectivity index (χ1n) is 9.79. The number of aryl methyl sites for hydroxylation is 1. The summed E-state index contributed by atoms with van der Waals surface area (Å²) in [6, 6.07) is 11.0. The van der Waals surface area contributed by atoms with Gasteiger partial charge >= 0.3 is 0 Å². The van der Waals surface area contributed by atoms with E-state index in [4.69, 9.17) is 39.3 Å². The lowest BCUT2D eigenvalue weighted by Gasteiger charge is -2.10. The van der Waals surface area contributed by atoms with Gasteiger partial charge in [0.25, 0.3) is 11.7 Å². The van der Waals surface area contributed by atoms with Crippen molar-refractivity contribution in [2.45, 2.75) is 13.5 Å². The molecule has 3 aromatic heterocycles. The van der Waals surface area contributed by atoms with Crippen LogP contribution in [-0.4, -0.2) is 30.5 Å². The van der Waals surface area contributed by atoms with Gasteiger partial charge in [-0.2, -0.15) is 4.98 Å². The van der Waals surface area contributed by atoms with Crippen LogP contribution in [0.25, 0.3) is 22.4 Å². The number of hydrogen-bond donors (Lipinski definition) is 0. The lowest BCUT2D eigenvalue weighted by molar-refractivity contribution is 0.0995. The van der Waals surface area contributed by atoms with E-state index in [0.29, 0.717) is 27.7 Å². The van der Waals surface area contributed by atoms with Crippen molar-refractivity contribution in [2.75, 3.05) is 0 Å². The minimum Gasteiger partial charge on any atom is -0.330 e. The number of hydrogen-bond acceptors (Lipinski definition) is 6. The molecule has 0 radical (unpaired) electrons. The summed E-state index contributed by atoms with van der Waals surface area (Å²) in [6.07, 6.45) is 4.51. The third-order valence-corrected chi connectivity index (χ3v) is 6.12. The van der Waals surface area contributed by atoms with E-state index < -0.39 is 5.78 Å². The molecule has 0 N–H and O–H groups in total. The van der Waals surface area contributed by atoms with Crippen LogP contribution in [0.4, 0.5) is 0 Å². The number of benzene rings is 2. The van der Waals surface area contributed by atoms with Crippen LogP contribution in [0.1, 0.15) is 27.4 Å². The number of rotatable bonds is 5. The first-order chi connectivity index (χ1) is 15.9. The normalized spacial score (nSPS) is 11.3. The zero-order chi connectivity index (χ0) is 23.1. The highest BCUT2D eigenvalue weighted by atomic mass is 35.5. The van der Waals surface area contributed by atoms with Gasteiger partial charge in [-0.05, 0) is 36.8 Å². The van der Waals surface area contributed by atoms with Gasteiger partial charge in [-0.15, -0.1) is 0 Å². The molecule has 0 saturated heterocycles. The molecule has 2 aromatic carbocycles. The Bertz CT molecular complexity index is 1510. The lowest BCUT2D eigenvalue weighted by Crippen LogP contribution is -2.04. The quantitative estimate of drug-likeness (QED) is 0.275. The van der Waals surface area contributed by atoms with Crippen LogP contribution in [0.2, 0.25) is 15.2 Å². The van der Waals surface area contributed by atoms with E-state index in [1.165, 1.54) is 18.6 Å². The van der Waals surface area contributed by atoms with Gasteiger partial charge in [0.2, 0.25) is 5.82 Å². The molecule has 0 aliphatic rings. The van der Waals surface area contributed by atoms with E-state index in [0.717, 1.165) is 16.6 Å². The zero-order valence-electron chi connectivity index (χ0n) is 17.1. The molecular weight excluding hydrogens is 485 g/mol. The summed E-state index contributed by atoms with van der Waals surface area (Å²) in [6.45, 7) is 2.28. The predicted octanol–water partition coefficient (Wildman–Crippen LogP) is 6.03. The Balaban J connectivity index is 1.61. The minimum absolute atomic E-state index is 0.162. The number of aromatic nitrogens is 5. The summed E-state index contributed by atoms with van der Waals surface area (Å²) < 4.78 is 7.07. The van der Waals surface area contributed by atoms with Gasteiger partial charge in [0.15, 0.2) is 0 Å². The molecule has 0 bridgehead atoms. The molecule has 7 nitrogen and oxygen atoms in total. The van der Waals surface area contributed by atoms with Gasteiger partial charge in [-0.3, -0.25) is 9.78 Å². The maximum absolute atomic E-state index is 13.4. The van der Waals surface area contributed by atoms with Gasteiger partial charge < -0.3 is 9.09 Å². The van der Waals surface area contributed by atoms with Crippen LogP contribution in [0.15, 0.2) is 59.5 Å². The number of nitrogens with zero attached hydrogens (tertiary/aromatic N) is 5. The van der Waals surface area contributed by atoms with Gasteiger partial charge in [-0.25, -0.2) is 4.98 Å². The Kier molecular flexibility index (Phi) is 5.62. The Morgan fingerprint density at radius 2 is 1.94 bits per heavy atom. The molecule has 164 valence electrons. The van der Waals surface area contributed by atoms with Gasteiger partial charge in [0, 0.05) is 27.8 Å². The second kappa shape index (κ2) is 8.59. The Morgan fingerprint density at radius 3 is 2.70 bits per heavy atom. The maximum atomic E-state index is 13.4. The first-order valence-corrected chi connectivity index (χ1v) is 10.9. The molecule has 0 atom stereocenters. The Morgan fingerprint density at radius 1 is 1.09 bits per heavy atom. The van der Waals surface area contributed by atoms with Crippen LogP contribution in [0.3, 0.4) is 0 Å². The Labute approximate surface area is 202 Å². The van der Waals surface area contributed by atoms with Gasteiger partial charge in [0.05, 0.1) is 23.8 Å². The molecule has 0 unspecified atom stereocenters. The second-order valence-corrected chi connectivity index (χ2v) is 8.55. The van der Waals surface area contributed by atoms with Crippen LogP contribution in [0.5, 0.6) is 0 Å². The average molecular weight is 499 g/mol. The molecule has 10 heteroatoms. The molecule has 0 spiro atoms. The SMILES string of the molecule is Cc1ccc2c(c1)c(C(=O)c1nc(-c3cnccn3)no1)c(Cl)n2Cc1ccc(Cl)cc1Cl. The first kappa shape index (κ1) is 21.6. The average Bonchev–Trinajstić information content (AvgIpc) is 3.39. The molecule has 0 saturated carbocycles. The lowest BCUT2D eigenvalue weighted by atomic mass is 10.1. The standard InChI is InChI=1S/C23H14Cl3N5O2/c1-12-2-5-18-15(8-12)19(21(26)31(18)11-13-3-4-14(24)9-16(13)25)20(32)23-29-22(30-33-23)17-10-27-6-7-28-17/h2-10H,11H2,1H3. The molecule has 0 amide bonds. The third-order valence-electron chi connectivity index (χ3n) is 5.14. The van der Waals surface area contributed by atoms with E-state index in [1.54, 1.807) is 12.1 Å². The molecule has 0 aliphatic carbocycles. The highest BCUT2D eigenvalue weighted by Crippen LogP contribution is 2.34. The van der Waals surface area contributed by atoms with Crippen molar-refractivity contribution >= 4 is 51.5 Å². The van der Waals surface area contributed by atoms with Crippen LogP contribution >= 0.6 is 34.8 Å². The molecule has 5 rings (SSSR count). The van der Waals surface area contributed by atoms with Crippen molar-refractivity contribution < 1.29 is 9.32 Å². The van der Waals surface area contributed by atoms with Gasteiger partial charge in [-0.1, -0.05) is 57.7 Å². The fourth-order valence-electron chi connectivity index (χ4n) is 3.57. The van der Waals surface area contributed by atoms with Crippen molar-refractivity contribution in [1.82, 2.24) is 24.7 Å². The van der Waals surface area contributed by atoms with Crippen molar-refractivity contribution in [1.29, 1.82) is 0 Å². The van der Waals surface area contributed by atoms with E-state index in [9.17, 15) is 4.79 Å². The number of carbonyl (C=O) groups excluding carboxylic acids is 1. The van der Waals surface area contributed by atoms with E-state index in [1.807, 2.05) is 35.8 Å². The summed E-state index contributed by atoms with van der Waals surface area (Å²) in [5.74, 6) is -0.516. The second-order valence-electron chi connectivity index (χ2n) is 7.35. The molecule has 3 heterocycles. The molecular formula is C23H14Cl3N5O2. The zero-order valence-corrected chi connectivity index (χ0v) is 19.4. The predicted molar refractivity (Wildman–Crippen MR) is 126 cm³/mol. The minimum atomic E-state index is -0.487. The smallest absolute Gasteiger partial charge is 0.299 e. The number of carbonyl (C=O) groups is 1. The van der Waals surface area contributed by atoms with Crippen LogP contribution < -0.4 is 0 Å². The summed E-state index contributed by atoms with van der Waals surface area (Å²) in [4.78, 5) is 25.8. The van der Waals surface area contributed by atoms with Crippen molar-refractivity contribution in [3.63, 3.8) is 0 Å². The number of halogens is 3. The largest absolute Gasteiger partial charge is 0.330 e. The Hall–Kier alpha value is -3.26. The third kappa shape index (κ3) is 3.99.